The summed E-state index contributed by atoms with van der Waals surface area (Å²) in [6.07, 6.45) is 2.24. The van der Waals surface area contributed by atoms with Gasteiger partial charge in [0, 0.05) is 58.4 Å². The van der Waals surface area contributed by atoms with Gasteiger partial charge in [-0.15, -0.1) is 0 Å². The van der Waals surface area contributed by atoms with Crippen LogP contribution in [0, 0.1) is 5.92 Å². The van der Waals surface area contributed by atoms with Gasteiger partial charge in [-0.2, -0.15) is 0 Å². The second-order valence-corrected chi connectivity index (χ2v) is 6.53. The molecule has 2 rings (SSSR count). The minimum Gasteiger partial charge on any atom is -0.382 e. The molecule has 146 valence electrons. The average Bonchev–Trinajstić information content (AvgIpc) is 2.65. The lowest BCUT2D eigenvalue weighted by Crippen LogP contribution is -2.45. The second kappa shape index (κ2) is 9.56. The van der Waals surface area contributed by atoms with Crippen molar-refractivity contribution >= 4 is 11.7 Å². The average molecular weight is 366 g/mol. The number of ether oxygens (including phenoxy) is 1. The monoisotopic (exact) mass is 366 g/mol. The van der Waals surface area contributed by atoms with Gasteiger partial charge < -0.3 is 15.0 Å². The normalized spacial score (nSPS) is 15.3. The number of hydrogen-bond acceptors (Lipinski definition) is 5. The summed E-state index contributed by atoms with van der Waals surface area (Å²) < 4.78 is 7.99. The third-order valence-corrected chi connectivity index (χ3v) is 4.85. The topological polar surface area (TPSA) is 85.6 Å². The van der Waals surface area contributed by atoms with E-state index in [-0.39, 0.29) is 23.1 Å². The second-order valence-electron chi connectivity index (χ2n) is 6.53. The molecule has 1 aromatic rings. The molecule has 1 amide bonds. The van der Waals surface area contributed by atoms with Crippen LogP contribution in [0.15, 0.2) is 15.7 Å². The van der Waals surface area contributed by atoms with Gasteiger partial charge in [-0.3, -0.25) is 18.7 Å². The van der Waals surface area contributed by atoms with Crippen molar-refractivity contribution in [2.75, 3.05) is 37.7 Å². The summed E-state index contributed by atoms with van der Waals surface area (Å²) in [5, 5.41) is 2.97. The highest BCUT2D eigenvalue weighted by atomic mass is 16.5. The maximum atomic E-state index is 12.3. The van der Waals surface area contributed by atoms with Gasteiger partial charge in [0.1, 0.15) is 5.82 Å². The molecule has 1 saturated heterocycles. The maximum absolute atomic E-state index is 12.3. The third-order valence-electron chi connectivity index (χ3n) is 4.85. The number of nitrogens with zero attached hydrogens (tertiary/aromatic N) is 3. The van der Waals surface area contributed by atoms with Gasteiger partial charge >= 0.3 is 5.69 Å². The molecule has 0 aromatic carbocycles. The highest BCUT2D eigenvalue weighted by Gasteiger charge is 2.26. The number of amides is 1. The number of hydrogen-bond donors (Lipinski definition) is 1. The predicted molar refractivity (Wildman–Crippen MR) is 101 cm³/mol. The van der Waals surface area contributed by atoms with Crippen LogP contribution in [0.1, 0.15) is 33.1 Å². The van der Waals surface area contributed by atoms with Crippen molar-refractivity contribution < 1.29 is 9.53 Å². The van der Waals surface area contributed by atoms with Gasteiger partial charge in [-0.1, -0.05) is 0 Å². The van der Waals surface area contributed by atoms with E-state index in [9.17, 15) is 14.4 Å². The lowest BCUT2D eigenvalue weighted by molar-refractivity contribution is -0.125. The molecule has 0 aliphatic carbocycles. The minimum atomic E-state index is -0.302. The first-order chi connectivity index (χ1) is 12.5. The predicted octanol–water partition coefficient (Wildman–Crippen LogP) is 0.326. The van der Waals surface area contributed by atoms with Crippen LogP contribution in [-0.2, 0) is 23.1 Å². The molecule has 0 unspecified atom stereocenters. The van der Waals surface area contributed by atoms with Crippen molar-refractivity contribution in [1.82, 2.24) is 14.5 Å². The van der Waals surface area contributed by atoms with E-state index in [1.807, 2.05) is 18.7 Å². The zero-order chi connectivity index (χ0) is 19.1. The lowest BCUT2D eigenvalue weighted by atomic mass is 9.96. The summed E-state index contributed by atoms with van der Waals surface area (Å²) in [5.74, 6) is 0.709. The van der Waals surface area contributed by atoms with Crippen LogP contribution < -0.4 is 21.5 Å². The van der Waals surface area contributed by atoms with Gasteiger partial charge in [0.25, 0.3) is 5.56 Å². The number of piperidine rings is 1. The molecule has 0 atom stereocenters. The molecule has 8 heteroatoms. The largest absolute Gasteiger partial charge is 0.382 e. The summed E-state index contributed by atoms with van der Waals surface area (Å²) in [5.41, 5.74) is -0.604. The molecule has 0 radical (unpaired) electrons. The third kappa shape index (κ3) is 4.75. The van der Waals surface area contributed by atoms with Crippen LogP contribution in [0.2, 0.25) is 0 Å². The number of nitrogens with one attached hydrogen (secondary N) is 1. The number of carbonyl (C=O) groups excluding carboxylic acids is 1. The molecule has 1 aromatic heterocycles. The van der Waals surface area contributed by atoms with E-state index in [0.29, 0.717) is 58.1 Å². The fraction of sp³-hybridized carbons (Fsp3) is 0.722. The Morgan fingerprint density at radius 1 is 1.27 bits per heavy atom. The smallest absolute Gasteiger partial charge is 0.332 e. The molecule has 0 bridgehead atoms. The van der Waals surface area contributed by atoms with E-state index in [0.717, 1.165) is 11.0 Å². The minimum absolute atomic E-state index is 0.0216. The van der Waals surface area contributed by atoms with Gasteiger partial charge in [-0.05, 0) is 33.1 Å². The van der Waals surface area contributed by atoms with Crippen LogP contribution >= 0.6 is 0 Å². The first kappa shape index (κ1) is 20.2. The van der Waals surface area contributed by atoms with Crippen molar-refractivity contribution in [1.29, 1.82) is 0 Å². The Balaban J connectivity index is 1.93. The molecule has 0 saturated carbocycles. The first-order valence-electron chi connectivity index (χ1n) is 9.40. The number of anilines is 1. The molecule has 0 spiro atoms. The lowest BCUT2D eigenvalue weighted by Gasteiger charge is -2.34. The molecular formula is C18H30N4O4. The van der Waals surface area contributed by atoms with Gasteiger partial charge in [0.15, 0.2) is 0 Å². The van der Waals surface area contributed by atoms with E-state index >= 15 is 0 Å². The molecule has 8 nitrogen and oxygen atoms in total. The van der Waals surface area contributed by atoms with E-state index in [4.69, 9.17) is 4.74 Å². The van der Waals surface area contributed by atoms with Crippen LogP contribution in [0.5, 0.6) is 0 Å². The van der Waals surface area contributed by atoms with E-state index in [1.165, 1.54) is 13.1 Å². The van der Waals surface area contributed by atoms with Gasteiger partial charge in [-0.25, -0.2) is 4.79 Å². The summed E-state index contributed by atoms with van der Waals surface area (Å²) in [6, 6.07) is 1.51. The molecule has 1 aliphatic rings. The van der Waals surface area contributed by atoms with E-state index in [1.54, 1.807) is 4.57 Å². The fourth-order valence-corrected chi connectivity index (χ4v) is 3.26. The Labute approximate surface area is 153 Å². The summed E-state index contributed by atoms with van der Waals surface area (Å²) >= 11 is 0. The molecular weight excluding hydrogens is 336 g/mol. The van der Waals surface area contributed by atoms with E-state index < -0.39 is 0 Å². The molecule has 26 heavy (non-hydrogen) atoms. The maximum Gasteiger partial charge on any atom is 0.332 e. The van der Waals surface area contributed by atoms with Crippen molar-refractivity contribution in [2.24, 2.45) is 13.0 Å². The summed E-state index contributed by atoms with van der Waals surface area (Å²) in [7, 11) is 1.49. The Hall–Kier alpha value is -2.09. The van der Waals surface area contributed by atoms with Crippen LogP contribution in [0.3, 0.4) is 0 Å². The van der Waals surface area contributed by atoms with Crippen molar-refractivity contribution in [3.05, 3.63) is 26.9 Å². The van der Waals surface area contributed by atoms with Gasteiger partial charge in [0.05, 0.1) is 0 Å². The number of aromatic nitrogens is 2. The zero-order valence-corrected chi connectivity index (χ0v) is 16.0. The number of rotatable bonds is 8. The zero-order valence-electron chi connectivity index (χ0n) is 16.0. The Bertz CT molecular complexity index is 717. The SMILES string of the molecule is CCOCCCNC(=O)C1CCN(c2cc(=O)n(C)c(=O)n2CC)CC1. The Morgan fingerprint density at radius 2 is 1.96 bits per heavy atom. The van der Waals surface area contributed by atoms with E-state index in [2.05, 4.69) is 5.32 Å². The van der Waals surface area contributed by atoms with Crippen LogP contribution in [0.25, 0.3) is 0 Å². The molecule has 1 N–H and O–H groups in total. The summed E-state index contributed by atoms with van der Waals surface area (Å²) in [6.45, 7) is 7.63. The van der Waals surface area contributed by atoms with Gasteiger partial charge in [0.2, 0.25) is 5.91 Å². The highest BCUT2D eigenvalue weighted by Crippen LogP contribution is 2.22. The first-order valence-corrected chi connectivity index (χ1v) is 9.40. The Kier molecular flexibility index (Phi) is 7.44. The fourth-order valence-electron chi connectivity index (χ4n) is 3.26. The number of carbonyl (C=O) groups is 1. The molecule has 1 aliphatic heterocycles. The highest BCUT2D eigenvalue weighted by molar-refractivity contribution is 5.78. The summed E-state index contributed by atoms with van der Waals surface area (Å²) in [4.78, 5) is 38.6. The van der Waals surface area contributed by atoms with Crippen molar-refractivity contribution in [2.45, 2.75) is 39.7 Å². The molecule has 1 fully saturated rings. The standard InChI is InChI=1S/C18H30N4O4/c1-4-22-15(13-16(23)20(3)18(22)25)21-10-7-14(8-11-21)17(24)19-9-6-12-26-5-2/h13-14H,4-12H2,1-3H3,(H,19,24). The quantitative estimate of drug-likeness (QED) is 0.670. The van der Waals surface area contributed by atoms with Crippen LogP contribution in [0.4, 0.5) is 5.82 Å². The van der Waals surface area contributed by atoms with Crippen LogP contribution in [-0.4, -0.2) is 47.9 Å². The molecule has 2 heterocycles. The van der Waals surface area contributed by atoms with Crippen molar-refractivity contribution in [3.63, 3.8) is 0 Å². The Morgan fingerprint density at radius 3 is 2.58 bits per heavy atom. The van der Waals surface area contributed by atoms with Crippen molar-refractivity contribution in [3.8, 4) is 0 Å².